The molecular formula is C16H13Br3O2. The third kappa shape index (κ3) is 4.41. The van der Waals surface area contributed by atoms with Gasteiger partial charge in [-0.2, -0.15) is 0 Å². The van der Waals surface area contributed by atoms with Crippen LogP contribution >= 0.6 is 47.8 Å². The summed E-state index contributed by atoms with van der Waals surface area (Å²) >= 11 is 10.4. The Balaban J connectivity index is 2.21. The Morgan fingerprint density at radius 3 is 2.19 bits per heavy atom. The molecule has 0 saturated heterocycles. The second-order valence-electron chi connectivity index (χ2n) is 4.55. The first kappa shape index (κ1) is 16.7. The highest BCUT2D eigenvalue weighted by Crippen LogP contribution is 2.48. The van der Waals surface area contributed by atoms with Crippen LogP contribution in [0.25, 0.3) is 0 Å². The molecule has 0 radical (unpaired) electrons. The Bertz CT molecular complexity index is 621. The summed E-state index contributed by atoms with van der Waals surface area (Å²) in [5.41, 5.74) is 1.72. The Kier molecular flexibility index (Phi) is 5.63. The van der Waals surface area contributed by atoms with Gasteiger partial charge in [0.25, 0.3) is 0 Å². The topological polar surface area (TPSA) is 26.3 Å². The molecule has 1 unspecified atom stereocenters. The fourth-order valence-corrected chi connectivity index (χ4v) is 2.85. The molecule has 0 aliphatic carbocycles. The van der Waals surface area contributed by atoms with Crippen LogP contribution < -0.4 is 4.74 Å². The molecule has 0 spiro atoms. The lowest BCUT2D eigenvalue weighted by molar-refractivity contribution is -0.135. The molecular weight excluding hydrogens is 464 g/mol. The van der Waals surface area contributed by atoms with Crippen molar-refractivity contribution < 1.29 is 9.53 Å². The predicted octanol–water partition coefficient (Wildman–Crippen LogP) is 5.69. The number of esters is 1. The minimum absolute atomic E-state index is 0.287. The first-order chi connectivity index (χ1) is 9.89. The molecule has 2 aromatic carbocycles. The van der Waals surface area contributed by atoms with Gasteiger partial charge >= 0.3 is 5.97 Å². The van der Waals surface area contributed by atoms with Crippen LogP contribution in [-0.4, -0.2) is 5.97 Å². The van der Waals surface area contributed by atoms with Gasteiger partial charge in [0.2, 0.25) is 0 Å². The van der Waals surface area contributed by atoms with Crippen molar-refractivity contribution in [3.8, 4) is 5.75 Å². The van der Waals surface area contributed by atoms with Crippen LogP contribution in [-0.2, 0) is 6.94 Å². The summed E-state index contributed by atoms with van der Waals surface area (Å²) in [5.74, 6) is -0.101. The van der Waals surface area contributed by atoms with Crippen molar-refractivity contribution in [2.75, 3.05) is 0 Å². The van der Waals surface area contributed by atoms with Crippen LogP contribution in [0.1, 0.15) is 24.0 Å². The highest BCUT2D eigenvalue weighted by atomic mass is 80.0. The average Bonchev–Trinajstić information content (AvgIpc) is 2.47. The second kappa shape index (κ2) is 7.07. The van der Waals surface area contributed by atoms with Crippen molar-refractivity contribution in [1.82, 2.24) is 0 Å². The van der Waals surface area contributed by atoms with Crippen LogP contribution in [0.5, 0.6) is 5.75 Å². The van der Waals surface area contributed by atoms with E-state index in [9.17, 15) is 4.79 Å². The van der Waals surface area contributed by atoms with E-state index in [0.717, 1.165) is 11.1 Å². The number of hydrogen-bond acceptors (Lipinski definition) is 2. The number of hydrogen-bond donors (Lipinski definition) is 0. The fraction of sp³-hybridized carbons (Fsp3) is 0.188. The van der Waals surface area contributed by atoms with Crippen LogP contribution in [0, 0.1) is 0 Å². The average molecular weight is 477 g/mol. The Morgan fingerprint density at radius 1 is 1.00 bits per heavy atom. The molecule has 2 aromatic rings. The molecule has 0 amide bonds. The lowest BCUT2D eigenvalue weighted by atomic mass is 10.0. The van der Waals surface area contributed by atoms with E-state index >= 15 is 0 Å². The lowest BCUT2D eigenvalue weighted by Crippen LogP contribution is -2.17. The van der Waals surface area contributed by atoms with Gasteiger partial charge in [-0.25, -0.2) is 0 Å². The largest absolute Gasteiger partial charge is 0.426 e. The Hall–Kier alpha value is -0.650. The third-order valence-electron chi connectivity index (χ3n) is 3.06. The molecule has 110 valence electrons. The standard InChI is InChI=1S/C16H13Br3O2/c1-11(12-7-3-2-4-8-12)15(20)21-14-10-6-5-9-13(14)16(17,18)19/h2-11H,1H3. The summed E-state index contributed by atoms with van der Waals surface area (Å²) in [6.07, 6.45) is 0. The maximum Gasteiger partial charge on any atom is 0.318 e. The number of carbonyl (C=O) groups is 1. The van der Waals surface area contributed by atoms with E-state index in [0.29, 0.717) is 5.75 Å². The van der Waals surface area contributed by atoms with Crippen molar-refractivity contribution in [3.05, 3.63) is 65.7 Å². The van der Waals surface area contributed by atoms with Gasteiger partial charge in [-0.15, -0.1) is 0 Å². The van der Waals surface area contributed by atoms with Crippen LogP contribution in [0.2, 0.25) is 0 Å². The van der Waals surface area contributed by atoms with E-state index in [-0.39, 0.29) is 11.9 Å². The maximum absolute atomic E-state index is 12.3. The number of para-hydroxylation sites is 1. The van der Waals surface area contributed by atoms with E-state index < -0.39 is 2.14 Å². The van der Waals surface area contributed by atoms with Crippen LogP contribution in [0.4, 0.5) is 0 Å². The van der Waals surface area contributed by atoms with Crippen LogP contribution in [0.3, 0.4) is 0 Å². The molecule has 0 aliphatic rings. The molecule has 0 heterocycles. The molecule has 2 nitrogen and oxygen atoms in total. The lowest BCUT2D eigenvalue weighted by Gasteiger charge is -2.18. The quantitative estimate of drug-likeness (QED) is 0.323. The minimum Gasteiger partial charge on any atom is -0.426 e. The van der Waals surface area contributed by atoms with Crippen molar-refractivity contribution in [2.45, 2.75) is 15.0 Å². The number of rotatable bonds is 3. The zero-order valence-corrected chi connectivity index (χ0v) is 16.0. The third-order valence-corrected chi connectivity index (χ3v) is 4.34. The van der Waals surface area contributed by atoms with E-state index in [2.05, 4.69) is 47.8 Å². The molecule has 0 N–H and O–H groups in total. The van der Waals surface area contributed by atoms with Crippen LogP contribution in [0.15, 0.2) is 54.6 Å². The van der Waals surface area contributed by atoms with Crippen molar-refractivity contribution >= 4 is 53.8 Å². The van der Waals surface area contributed by atoms with Gasteiger partial charge in [0.1, 0.15) is 5.75 Å². The van der Waals surface area contributed by atoms with Gasteiger partial charge in [-0.05, 0) is 18.6 Å². The molecule has 0 bridgehead atoms. The van der Waals surface area contributed by atoms with Gasteiger partial charge in [0.05, 0.1) is 5.92 Å². The molecule has 0 aliphatic heterocycles. The van der Waals surface area contributed by atoms with E-state index in [1.165, 1.54) is 0 Å². The molecule has 21 heavy (non-hydrogen) atoms. The molecule has 0 saturated carbocycles. The zero-order valence-electron chi connectivity index (χ0n) is 11.2. The SMILES string of the molecule is CC(C(=O)Oc1ccccc1C(Br)(Br)Br)c1ccccc1. The second-order valence-corrected chi connectivity index (χ2v) is 11.3. The first-order valence-corrected chi connectivity index (χ1v) is 8.70. The number of alkyl halides is 3. The van der Waals surface area contributed by atoms with Crippen molar-refractivity contribution in [3.63, 3.8) is 0 Å². The van der Waals surface area contributed by atoms with Gasteiger partial charge < -0.3 is 4.74 Å². The molecule has 2 rings (SSSR count). The monoisotopic (exact) mass is 474 g/mol. The highest BCUT2D eigenvalue weighted by molar-refractivity contribution is 9.38. The smallest absolute Gasteiger partial charge is 0.318 e. The maximum atomic E-state index is 12.3. The van der Waals surface area contributed by atoms with E-state index in [1.807, 2.05) is 55.5 Å². The molecule has 0 aromatic heterocycles. The minimum atomic E-state index is -0.625. The normalized spacial score (nSPS) is 12.8. The van der Waals surface area contributed by atoms with E-state index in [1.54, 1.807) is 6.07 Å². The van der Waals surface area contributed by atoms with Crippen molar-refractivity contribution in [1.29, 1.82) is 0 Å². The Morgan fingerprint density at radius 2 is 1.57 bits per heavy atom. The molecule has 0 fully saturated rings. The summed E-state index contributed by atoms with van der Waals surface area (Å²) in [5, 5.41) is 0. The Labute approximate surface area is 149 Å². The van der Waals surface area contributed by atoms with E-state index in [4.69, 9.17) is 4.74 Å². The number of benzene rings is 2. The summed E-state index contributed by atoms with van der Waals surface area (Å²) in [6, 6.07) is 16.9. The van der Waals surface area contributed by atoms with Gasteiger partial charge in [-0.3, -0.25) is 4.79 Å². The molecule has 1 atom stereocenters. The fourth-order valence-electron chi connectivity index (χ4n) is 1.86. The molecule has 5 heteroatoms. The summed E-state index contributed by atoms with van der Waals surface area (Å²) in [6.45, 7) is 1.84. The van der Waals surface area contributed by atoms with Crippen molar-refractivity contribution in [2.24, 2.45) is 0 Å². The van der Waals surface area contributed by atoms with Gasteiger partial charge in [0.15, 0.2) is 2.14 Å². The number of carbonyl (C=O) groups excluding carboxylic acids is 1. The van der Waals surface area contributed by atoms with Gasteiger partial charge in [-0.1, -0.05) is 96.3 Å². The number of ether oxygens (including phenoxy) is 1. The summed E-state index contributed by atoms with van der Waals surface area (Å²) in [4.78, 5) is 12.3. The predicted molar refractivity (Wildman–Crippen MR) is 95.4 cm³/mol. The van der Waals surface area contributed by atoms with Gasteiger partial charge in [0, 0.05) is 5.56 Å². The highest BCUT2D eigenvalue weighted by Gasteiger charge is 2.27. The number of halogens is 3. The zero-order chi connectivity index (χ0) is 15.5. The summed E-state index contributed by atoms with van der Waals surface area (Å²) < 4.78 is 4.93. The summed E-state index contributed by atoms with van der Waals surface area (Å²) in [7, 11) is 0. The first-order valence-electron chi connectivity index (χ1n) is 6.32.